The van der Waals surface area contributed by atoms with Crippen molar-refractivity contribution in [1.82, 2.24) is 9.88 Å². The van der Waals surface area contributed by atoms with E-state index in [-0.39, 0.29) is 11.7 Å². The molecule has 1 aliphatic heterocycles. The smallest absolute Gasteiger partial charge is 0.354 e. The minimum Gasteiger partial charge on any atom is -0.477 e. The molecule has 1 aliphatic rings. The van der Waals surface area contributed by atoms with Gasteiger partial charge in [-0.15, -0.1) is 0 Å². The highest BCUT2D eigenvalue weighted by Crippen LogP contribution is 2.32. The number of nitrogens with zero attached hydrogens (tertiary/aromatic N) is 2. The summed E-state index contributed by atoms with van der Waals surface area (Å²) in [4.78, 5) is 28.8. The van der Waals surface area contributed by atoms with E-state index in [1.807, 2.05) is 13.8 Å². The van der Waals surface area contributed by atoms with Gasteiger partial charge in [-0.1, -0.05) is 6.07 Å². The average molecular weight is 292 g/mol. The van der Waals surface area contributed by atoms with Gasteiger partial charge in [-0.2, -0.15) is 0 Å². The van der Waals surface area contributed by atoms with Crippen molar-refractivity contribution < 1.29 is 19.4 Å². The first-order valence-electron chi connectivity index (χ1n) is 7.02. The number of rotatable bonds is 5. The lowest BCUT2D eigenvalue weighted by Gasteiger charge is -2.22. The fourth-order valence-corrected chi connectivity index (χ4v) is 2.57. The van der Waals surface area contributed by atoms with Crippen molar-refractivity contribution in [2.24, 2.45) is 5.41 Å². The fraction of sp³-hybridized carbons (Fsp3) is 0.533. The van der Waals surface area contributed by atoms with Crippen molar-refractivity contribution in [2.45, 2.75) is 26.8 Å². The number of hydrogen-bond donors (Lipinski definition) is 1. The number of pyridine rings is 1. The molecule has 1 fully saturated rings. The largest absolute Gasteiger partial charge is 0.477 e. The molecule has 1 N–H and O–H groups in total. The van der Waals surface area contributed by atoms with E-state index in [1.165, 1.54) is 6.07 Å². The van der Waals surface area contributed by atoms with Gasteiger partial charge >= 0.3 is 11.9 Å². The van der Waals surface area contributed by atoms with E-state index in [9.17, 15) is 9.59 Å². The van der Waals surface area contributed by atoms with Crippen molar-refractivity contribution in [3.05, 3.63) is 29.6 Å². The fourth-order valence-electron chi connectivity index (χ4n) is 2.57. The van der Waals surface area contributed by atoms with Crippen LogP contribution in [-0.2, 0) is 16.1 Å². The molecule has 0 spiro atoms. The van der Waals surface area contributed by atoms with E-state index in [0.717, 1.165) is 18.5 Å². The summed E-state index contributed by atoms with van der Waals surface area (Å²) in [6.07, 6.45) is 2.34. The first-order chi connectivity index (χ1) is 9.94. The highest BCUT2D eigenvalue weighted by Gasteiger charge is 2.41. The van der Waals surface area contributed by atoms with E-state index in [2.05, 4.69) is 9.88 Å². The second kappa shape index (κ2) is 6.22. The zero-order valence-corrected chi connectivity index (χ0v) is 12.3. The van der Waals surface area contributed by atoms with Crippen LogP contribution in [0.3, 0.4) is 0 Å². The summed E-state index contributed by atoms with van der Waals surface area (Å²) in [5.41, 5.74) is 0.523. The highest BCUT2D eigenvalue weighted by molar-refractivity contribution is 5.85. The van der Waals surface area contributed by atoms with Gasteiger partial charge in [-0.05, 0) is 38.4 Å². The molecule has 6 heteroatoms. The van der Waals surface area contributed by atoms with E-state index < -0.39 is 11.4 Å². The first kappa shape index (κ1) is 15.4. The zero-order chi connectivity index (χ0) is 15.5. The number of ether oxygens (including phenoxy) is 1. The Balaban J connectivity index is 1.96. The lowest BCUT2D eigenvalue weighted by atomic mass is 9.90. The van der Waals surface area contributed by atoms with Crippen LogP contribution in [-0.4, -0.2) is 46.6 Å². The standard InChI is InChI=1S/C15H20N2O4/c1-3-21-14(20)15(2)6-7-17(10-15)9-11-4-5-12(13(18)19)16-8-11/h4-5,8H,3,6-7,9-10H2,1-2H3,(H,18,19). The molecule has 0 aliphatic carbocycles. The number of aromatic carboxylic acids is 1. The van der Waals surface area contributed by atoms with Crippen LogP contribution in [0, 0.1) is 5.41 Å². The van der Waals surface area contributed by atoms with Crippen LogP contribution in [0.2, 0.25) is 0 Å². The summed E-state index contributed by atoms with van der Waals surface area (Å²) in [6, 6.07) is 3.26. The molecule has 0 saturated carbocycles. The Bertz CT molecular complexity index is 529. The van der Waals surface area contributed by atoms with E-state index in [4.69, 9.17) is 9.84 Å². The van der Waals surface area contributed by atoms with Gasteiger partial charge < -0.3 is 9.84 Å². The summed E-state index contributed by atoms with van der Waals surface area (Å²) >= 11 is 0. The maximum atomic E-state index is 12.0. The molecule has 2 heterocycles. The summed E-state index contributed by atoms with van der Waals surface area (Å²) in [6.45, 7) is 6.25. The average Bonchev–Trinajstić information content (AvgIpc) is 2.82. The second-order valence-corrected chi connectivity index (χ2v) is 5.60. The Kier molecular flexibility index (Phi) is 4.57. The van der Waals surface area contributed by atoms with Crippen LogP contribution in [0.1, 0.15) is 36.3 Å². The number of carbonyl (C=O) groups excluding carboxylic acids is 1. The van der Waals surface area contributed by atoms with Gasteiger partial charge in [0.2, 0.25) is 0 Å². The van der Waals surface area contributed by atoms with E-state index in [0.29, 0.717) is 19.7 Å². The molecule has 114 valence electrons. The molecule has 0 aromatic carbocycles. The Morgan fingerprint density at radius 2 is 2.24 bits per heavy atom. The first-order valence-corrected chi connectivity index (χ1v) is 7.02. The van der Waals surface area contributed by atoms with Crippen LogP contribution >= 0.6 is 0 Å². The van der Waals surface area contributed by atoms with Crippen molar-refractivity contribution in [3.8, 4) is 0 Å². The molecule has 1 atom stereocenters. The van der Waals surface area contributed by atoms with Crippen LogP contribution < -0.4 is 0 Å². The van der Waals surface area contributed by atoms with Crippen molar-refractivity contribution in [1.29, 1.82) is 0 Å². The van der Waals surface area contributed by atoms with Crippen molar-refractivity contribution in [3.63, 3.8) is 0 Å². The summed E-state index contributed by atoms with van der Waals surface area (Å²) in [7, 11) is 0. The number of carbonyl (C=O) groups is 2. The quantitative estimate of drug-likeness (QED) is 0.830. The molecule has 0 radical (unpaired) electrons. The van der Waals surface area contributed by atoms with Crippen LogP contribution in [0.5, 0.6) is 0 Å². The van der Waals surface area contributed by atoms with Gasteiger partial charge in [0.25, 0.3) is 0 Å². The van der Waals surface area contributed by atoms with Gasteiger partial charge in [0.15, 0.2) is 0 Å². The Morgan fingerprint density at radius 3 is 2.81 bits per heavy atom. The number of carboxylic acids is 1. The van der Waals surface area contributed by atoms with Crippen LogP contribution in [0.15, 0.2) is 18.3 Å². The molecule has 1 saturated heterocycles. The van der Waals surface area contributed by atoms with Gasteiger partial charge in [-0.3, -0.25) is 9.69 Å². The third-order valence-electron chi connectivity index (χ3n) is 3.77. The lowest BCUT2D eigenvalue weighted by Crippen LogP contribution is -2.33. The SMILES string of the molecule is CCOC(=O)C1(C)CCN(Cc2ccc(C(=O)O)nc2)C1. The summed E-state index contributed by atoms with van der Waals surface area (Å²) in [5.74, 6) is -1.18. The molecule has 2 rings (SSSR count). The normalized spacial score (nSPS) is 22.2. The molecular formula is C15H20N2O4. The third-order valence-corrected chi connectivity index (χ3v) is 3.77. The minimum atomic E-state index is -1.03. The summed E-state index contributed by atoms with van der Waals surface area (Å²) < 4.78 is 5.13. The van der Waals surface area contributed by atoms with Gasteiger partial charge in [0, 0.05) is 19.3 Å². The van der Waals surface area contributed by atoms with Crippen LogP contribution in [0.4, 0.5) is 0 Å². The minimum absolute atomic E-state index is 0.0385. The molecule has 6 nitrogen and oxygen atoms in total. The molecule has 21 heavy (non-hydrogen) atoms. The van der Waals surface area contributed by atoms with Crippen LogP contribution in [0.25, 0.3) is 0 Å². The van der Waals surface area contributed by atoms with Gasteiger partial charge in [0.1, 0.15) is 5.69 Å². The molecule has 0 bridgehead atoms. The predicted molar refractivity (Wildman–Crippen MR) is 75.8 cm³/mol. The highest BCUT2D eigenvalue weighted by atomic mass is 16.5. The molecule has 0 amide bonds. The van der Waals surface area contributed by atoms with E-state index >= 15 is 0 Å². The topological polar surface area (TPSA) is 79.7 Å². The predicted octanol–water partition coefficient (Wildman–Crippen LogP) is 1.55. The Hall–Kier alpha value is -1.95. The third kappa shape index (κ3) is 3.58. The molecule has 1 unspecified atom stereocenters. The Labute approximate surface area is 123 Å². The molecular weight excluding hydrogens is 272 g/mol. The number of aromatic nitrogens is 1. The molecule has 1 aromatic rings. The zero-order valence-electron chi connectivity index (χ0n) is 12.3. The number of likely N-dealkylation sites (tertiary alicyclic amines) is 1. The summed E-state index contributed by atoms with van der Waals surface area (Å²) in [5, 5.41) is 8.82. The van der Waals surface area contributed by atoms with E-state index in [1.54, 1.807) is 12.3 Å². The monoisotopic (exact) mass is 292 g/mol. The van der Waals surface area contributed by atoms with Crippen molar-refractivity contribution in [2.75, 3.05) is 19.7 Å². The number of hydrogen-bond acceptors (Lipinski definition) is 5. The Morgan fingerprint density at radius 1 is 1.48 bits per heavy atom. The lowest BCUT2D eigenvalue weighted by molar-refractivity contribution is -0.153. The number of esters is 1. The number of carboxylic acid groups (broad SMARTS) is 1. The van der Waals surface area contributed by atoms with Gasteiger partial charge in [0.05, 0.1) is 12.0 Å². The molecule has 1 aromatic heterocycles. The second-order valence-electron chi connectivity index (χ2n) is 5.60. The van der Waals surface area contributed by atoms with Gasteiger partial charge in [-0.25, -0.2) is 9.78 Å². The van der Waals surface area contributed by atoms with Crippen molar-refractivity contribution >= 4 is 11.9 Å². The maximum absolute atomic E-state index is 12.0. The maximum Gasteiger partial charge on any atom is 0.354 e.